The molecule has 1 aliphatic heterocycles. The third kappa shape index (κ3) is 3.51. The van der Waals surface area contributed by atoms with Crippen LogP contribution in [0, 0.1) is 6.92 Å². The van der Waals surface area contributed by atoms with E-state index in [2.05, 4.69) is 35.8 Å². The summed E-state index contributed by atoms with van der Waals surface area (Å²) in [5.74, 6) is 0. The van der Waals surface area contributed by atoms with E-state index >= 15 is 0 Å². The summed E-state index contributed by atoms with van der Waals surface area (Å²) in [6, 6.07) is 0.489. The molecule has 1 saturated heterocycles. The van der Waals surface area contributed by atoms with E-state index in [9.17, 15) is 5.11 Å². The van der Waals surface area contributed by atoms with Crippen LogP contribution in [-0.2, 0) is 6.42 Å². The van der Waals surface area contributed by atoms with Crippen LogP contribution in [0.25, 0.3) is 0 Å². The fourth-order valence-corrected chi connectivity index (χ4v) is 3.42. The lowest BCUT2D eigenvalue weighted by Gasteiger charge is -2.26. The van der Waals surface area contributed by atoms with Crippen LogP contribution in [0.3, 0.4) is 0 Å². The van der Waals surface area contributed by atoms with E-state index in [0.717, 1.165) is 38.2 Å². The molecule has 18 heavy (non-hydrogen) atoms. The van der Waals surface area contributed by atoms with Gasteiger partial charge in [0.05, 0.1) is 17.3 Å². The molecule has 4 nitrogen and oxygen atoms in total. The summed E-state index contributed by atoms with van der Waals surface area (Å²) in [5, 5.41) is 9.82. The van der Waals surface area contributed by atoms with Crippen molar-refractivity contribution in [1.29, 1.82) is 0 Å². The summed E-state index contributed by atoms with van der Waals surface area (Å²) in [4.78, 5) is 10.3. The number of aliphatic hydroxyl groups is 1. The lowest BCUT2D eigenvalue weighted by molar-refractivity contribution is 0.173. The first-order valence-electron chi connectivity index (χ1n) is 6.52. The molecule has 2 atom stereocenters. The molecule has 2 heterocycles. The monoisotopic (exact) mass is 269 g/mol. The van der Waals surface area contributed by atoms with Gasteiger partial charge in [0.1, 0.15) is 0 Å². The Hall–Kier alpha value is -0.490. The molecule has 0 aliphatic carbocycles. The lowest BCUT2D eigenvalue weighted by atomic mass is 10.2. The summed E-state index contributed by atoms with van der Waals surface area (Å²) < 4.78 is 0. The number of rotatable bonds is 5. The number of β-amino-alcohol motifs (C(OH)–C–C–N with tert-alkyl or cyclic N) is 1. The molecule has 1 aromatic rings. The van der Waals surface area contributed by atoms with Crippen molar-refractivity contribution in [2.24, 2.45) is 0 Å². The molecule has 0 aromatic carbocycles. The Balaban J connectivity index is 1.89. The van der Waals surface area contributed by atoms with Gasteiger partial charge in [-0.2, -0.15) is 0 Å². The quantitative estimate of drug-likeness (QED) is 0.865. The Morgan fingerprint density at radius 3 is 2.94 bits per heavy atom. The average Bonchev–Trinajstić information content (AvgIpc) is 2.82. The van der Waals surface area contributed by atoms with Crippen molar-refractivity contribution in [2.75, 3.05) is 33.7 Å². The third-order valence-corrected chi connectivity index (χ3v) is 4.55. The number of likely N-dealkylation sites (N-methyl/N-ethyl adjacent to an activating group) is 1. The Kier molecular flexibility index (Phi) is 4.72. The highest BCUT2D eigenvalue weighted by molar-refractivity contribution is 7.09. The highest BCUT2D eigenvalue weighted by Gasteiger charge is 2.30. The van der Waals surface area contributed by atoms with Crippen molar-refractivity contribution in [1.82, 2.24) is 14.8 Å². The van der Waals surface area contributed by atoms with Crippen LogP contribution in [0.4, 0.5) is 0 Å². The number of thiazole rings is 1. The highest BCUT2D eigenvalue weighted by Crippen LogP contribution is 2.20. The number of aromatic nitrogens is 1. The fourth-order valence-electron chi connectivity index (χ4n) is 2.65. The summed E-state index contributed by atoms with van der Waals surface area (Å²) in [6.45, 7) is 4.94. The number of likely N-dealkylation sites (tertiary alicyclic amines) is 1. The van der Waals surface area contributed by atoms with Gasteiger partial charge in [-0.25, -0.2) is 4.98 Å². The van der Waals surface area contributed by atoms with Gasteiger partial charge in [-0.3, -0.25) is 4.90 Å². The molecule has 1 fully saturated rings. The van der Waals surface area contributed by atoms with E-state index in [4.69, 9.17) is 0 Å². The molecular weight excluding hydrogens is 246 g/mol. The maximum atomic E-state index is 9.82. The number of nitrogens with zero attached hydrogens (tertiary/aromatic N) is 3. The first kappa shape index (κ1) is 13.9. The Morgan fingerprint density at radius 2 is 2.33 bits per heavy atom. The number of aliphatic hydroxyl groups excluding tert-OH is 1. The van der Waals surface area contributed by atoms with Gasteiger partial charge in [0, 0.05) is 30.6 Å². The molecule has 0 saturated carbocycles. The SMILES string of the molecule is Cc1ncsc1CCN1CC(O)CC1CN(C)C. The van der Waals surface area contributed by atoms with Gasteiger partial charge in [-0.15, -0.1) is 11.3 Å². The molecule has 5 heteroatoms. The molecule has 0 spiro atoms. The van der Waals surface area contributed by atoms with E-state index in [1.54, 1.807) is 11.3 Å². The first-order valence-corrected chi connectivity index (χ1v) is 7.40. The summed E-state index contributed by atoms with van der Waals surface area (Å²) >= 11 is 1.74. The average molecular weight is 269 g/mol. The number of hydrogen-bond acceptors (Lipinski definition) is 5. The van der Waals surface area contributed by atoms with Crippen molar-refractivity contribution in [3.05, 3.63) is 16.1 Å². The second kappa shape index (κ2) is 6.10. The van der Waals surface area contributed by atoms with E-state index in [-0.39, 0.29) is 6.10 Å². The van der Waals surface area contributed by atoms with E-state index < -0.39 is 0 Å². The standard InChI is InChI=1S/C13H23N3OS/c1-10-13(18-9-14-10)4-5-16-8-12(17)6-11(16)7-15(2)3/h9,11-12,17H,4-8H2,1-3H3. The zero-order valence-electron chi connectivity index (χ0n) is 11.5. The minimum absolute atomic E-state index is 0.155. The van der Waals surface area contributed by atoms with Crippen molar-refractivity contribution < 1.29 is 5.11 Å². The van der Waals surface area contributed by atoms with Gasteiger partial charge in [0.15, 0.2) is 0 Å². The van der Waals surface area contributed by atoms with E-state index in [1.807, 2.05) is 5.51 Å². The Labute approximate surface area is 113 Å². The van der Waals surface area contributed by atoms with Crippen molar-refractivity contribution >= 4 is 11.3 Å². The van der Waals surface area contributed by atoms with E-state index in [0.29, 0.717) is 6.04 Å². The highest BCUT2D eigenvalue weighted by atomic mass is 32.1. The van der Waals surface area contributed by atoms with Crippen LogP contribution >= 0.6 is 11.3 Å². The summed E-state index contributed by atoms with van der Waals surface area (Å²) in [5.41, 5.74) is 3.07. The second-order valence-corrected chi connectivity index (χ2v) is 6.35. The summed E-state index contributed by atoms with van der Waals surface area (Å²) in [7, 11) is 4.19. The normalized spacial score (nSPS) is 25.2. The minimum Gasteiger partial charge on any atom is -0.392 e. The third-order valence-electron chi connectivity index (χ3n) is 3.55. The van der Waals surface area contributed by atoms with Gasteiger partial charge in [0.25, 0.3) is 0 Å². The molecule has 2 unspecified atom stereocenters. The number of hydrogen-bond donors (Lipinski definition) is 1. The predicted octanol–water partition coefficient (Wildman–Crippen LogP) is 0.991. The van der Waals surface area contributed by atoms with Crippen LogP contribution in [0.1, 0.15) is 17.0 Å². The maximum absolute atomic E-state index is 9.82. The number of aryl methyl sites for hydroxylation is 1. The summed E-state index contributed by atoms with van der Waals surface area (Å²) in [6.07, 6.45) is 1.80. The van der Waals surface area contributed by atoms with Crippen molar-refractivity contribution in [3.63, 3.8) is 0 Å². The van der Waals surface area contributed by atoms with Crippen LogP contribution in [0.2, 0.25) is 0 Å². The largest absolute Gasteiger partial charge is 0.392 e. The topological polar surface area (TPSA) is 39.6 Å². The predicted molar refractivity (Wildman–Crippen MR) is 75.1 cm³/mol. The van der Waals surface area contributed by atoms with Gasteiger partial charge in [-0.05, 0) is 33.9 Å². The first-order chi connectivity index (χ1) is 8.56. The van der Waals surface area contributed by atoms with Crippen LogP contribution < -0.4 is 0 Å². The Bertz CT molecular complexity index is 380. The van der Waals surface area contributed by atoms with Gasteiger partial charge < -0.3 is 10.0 Å². The molecule has 0 radical (unpaired) electrons. The molecular formula is C13H23N3OS. The van der Waals surface area contributed by atoms with Gasteiger partial charge in [-0.1, -0.05) is 0 Å². The second-order valence-electron chi connectivity index (χ2n) is 5.41. The lowest BCUT2D eigenvalue weighted by Crippen LogP contribution is -2.38. The smallest absolute Gasteiger partial charge is 0.0797 e. The molecule has 1 aromatic heterocycles. The van der Waals surface area contributed by atoms with Crippen LogP contribution in [0.15, 0.2) is 5.51 Å². The fraction of sp³-hybridized carbons (Fsp3) is 0.769. The maximum Gasteiger partial charge on any atom is 0.0797 e. The minimum atomic E-state index is -0.155. The molecule has 2 rings (SSSR count). The zero-order chi connectivity index (χ0) is 13.1. The van der Waals surface area contributed by atoms with Crippen LogP contribution in [0.5, 0.6) is 0 Å². The van der Waals surface area contributed by atoms with Crippen molar-refractivity contribution in [3.8, 4) is 0 Å². The van der Waals surface area contributed by atoms with Gasteiger partial charge in [0.2, 0.25) is 0 Å². The molecule has 102 valence electrons. The molecule has 0 bridgehead atoms. The molecule has 0 amide bonds. The van der Waals surface area contributed by atoms with Gasteiger partial charge >= 0.3 is 0 Å². The van der Waals surface area contributed by atoms with E-state index in [1.165, 1.54) is 4.88 Å². The Morgan fingerprint density at radius 1 is 1.56 bits per heavy atom. The van der Waals surface area contributed by atoms with Crippen LogP contribution in [-0.4, -0.2) is 65.8 Å². The zero-order valence-corrected chi connectivity index (χ0v) is 12.3. The molecule has 1 aliphatic rings. The molecule has 1 N–H and O–H groups in total. The van der Waals surface area contributed by atoms with Crippen molar-refractivity contribution in [2.45, 2.75) is 31.9 Å².